The van der Waals surface area contributed by atoms with Gasteiger partial charge in [-0.15, -0.1) is 0 Å². The molecule has 110 valence electrons. The van der Waals surface area contributed by atoms with Gasteiger partial charge in [-0.2, -0.15) is 0 Å². The Morgan fingerprint density at radius 1 is 1.47 bits per heavy atom. The third-order valence-corrected chi connectivity index (χ3v) is 3.58. The van der Waals surface area contributed by atoms with Crippen LogP contribution in [0.4, 0.5) is 4.79 Å². The van der Waals surface area contributed by atoms with E-state index < -0.39 is 12.0 Å². The van der Waals surface area contributed by atoms with Crippen LogP contribution >= 0.6 is 0 Å². The van der Waals surface area contributed by atoms with Crippen molar-refractivity contribution in [1.29, 1.82) is 0 Å². The Bertz CT molecular complexity index is 333. The maximum absolute atomic E-state index is 12.0. The van der Waals surface area contributed by atoms with Gasteiger partial charge in [0.05, 0.1) is 0 Å². The van der Waals surface area contributed by atoms with Crippen LogP contribution in [0.1, 0.15) is 20.3 Å². The number of nitrogens with one attached hydrogen (secondary N) is 1. The number of amides is 2. The Morgan fingerprint density at radius 3 is 2.53 bits per heavy atom. The Morgan fingerprint density at radius 2 is 2.11 bits per heavy atom. The van der Waals surface area contributed by atoms with E-state index in [2.05, 4.69) is 17.3 Å². The van der Waals surface area contributed by atoms with E-state index in [-0.39, 0.29) is 11.9 Å². The topological polar surface area (TPSA) is 72.9 Å². The molecule has 1 aliphatic heterocycles. The molecular formula is C13H25N3O3. The molecule has 1 rings (SSSR count). The number of carbonyl (C=O) groups is 2. The van der Waals surface area contributed by atoms with Gasteiger partial charge >= 0.3 is 12.0 Å². The summed E-state index contributed by atoms with van der Waals surface area (Å²) in [6.45, 7) is 6.28. The van der Waals surface area contributed by atoms with Gasteiger partial charge in [0.25, 0.3) is 0 Å². The molecule has 1 fully saturated rings. The fraction of sp³-hybridized carbons (Fsp3) is 0.846. The van der Waals surface area contributed by atoms with Crippen molar-refractivity contribution in [3.8, 4) is 0 Å². The minimum Gasteiger partial charge on any atom is -0.480 e. The van der Waals surface area contributed by atoms with Crippen LogP contribution in [0, 0.1) is 11.8 Å². The van der Waals surface area contributed by atoms with E-state index in [4.69, 9.17) is 5.11 Å². The van der Waals surface area contributed by atoms with E-state index >= 15 is 0 Å². The zero-order valence-electron chi connectivity index (χ0n) is 12.2. The van der Waals surface area contributed by atoms with Crippen LogP contribution in [0.3, 0.4) is 0 Å². The van der Waals surface area contributed by atoms with Gasteiger partial charge in [0.1, 0.15) is 6.04 Å². The smallest absolute Gasteiger partial charge is 0.326 e. The molecule has 0 aliphatic carbocycles. The molecule has 6 heteroatoms. The highest BCUT2D eigenvalue weighted by molar-refractivity contribution is 5.82. The second-order valence-electron chi connectivity index (χ2n) is 5.81. The Labute approximate surface area is 114 Å². The largest absolute Gasteiger partial charge is 0.480 e. The van der Waals surface area contributed by atoms with Gasteiger partial charge in [0.2, 0.25) is 0 Å². The number of rotatable bonds is 5. The number of carboxylic acid groups (broad SMARTS) is 1. The first-order chi connectivity index (χ1) is 8.81. The molecule has 6 nitrogen and oxygen atoms in total. The normalized spacial score (nSPS) is 21.4. The van der Waals surface area contributed by atoms with Crippen LogP contribution in [-0.4, -0.2) is 66.7 Å². The summed E-state index contributed by atoms with van der Waals surface area (Å²) < 4.78 is 0. The maximum atomic E-state index is 12.0. The molecule has 1 saturated heterocycles. The third-order valence-electron chi connectivity index (χ3n) is 3.58. The van der Waals surface area contributed by atoms with Crippen molar-refractivity contribution in [3.63, 3.8) is 0 Å². The molecule has 2 atom stereocenters. The minimum atomic E-state index is -0.989. The van der Waals surface area contributed by atoms with Crippen molar-refractivity contribution in [2.45, 2.75) is 26.3 Å². The van der Waals surface area contributed by atoms with Gasteiger partial charge < -0.3 is 20.2 Å². The number of hydrogen-bond acceptors (Lipinski definition) is 3. The standard InChI is InChI=1S/C13H25N3O3/c1-9(2)11(12(17)18)14-13(19)16(4)8-10-5-6-15(3)7-10/h9-11H,5-8H2,1-4H3,(H,14,19)(H,17,18)/t10?,11-/m0/s1. The Hall–Kier alpha value is -1.30. The molecule has 19 heavy (non-hydrogen) atoms. The van der Waals surface area contributed by atoms with E-state index in [1.165, 1.54) is 0 Å². The van der Waals surface area contributed by atoms with Crippen molar-refractivity contribution in [2.24, 2.45) is 11.8 Å². The van der Waals surface area contributed by atoms with E-state index in [0.29, 0.717) is 12.5 Å². The first kappa shape index (κ1) is 15.8. The summed E-state index contributed by atoms with van der Waals surface area (Å²) in [5.41, 5.74) is 0. The number of nitrogens with zero attached hydrogens (tertiary/aromatic N) is 2. The molecular weight excluding hydrogens is 246 g/mol. The van der Waals surface area contributed by atoms with Crippen LogP contribution < -0.4 is 5.32 Å². The predicted molar refractivity (Wildman–Crippen MR) is 73.0 cm³/mol. The average Bonchev–Trinajstić information content (AvgIpc) is 2.70. The fourth-order valence-electron chi connectivity index (χ4n) is 2.40. The van der Waals surface area contributed by atoms with Gasteiger partial charge in [-0.3, -0.25) is 0 Å². The summed E-state index contributed by atoms with van der Waals surface area (Å²) in [6.07, 6.45) is 1.08. The van der Waals surface area contributed by atoms with Gasteiger partial charge in [0, 0.05) is 20.1 Å². The zero-order valence-corrected chi connectivity index (χ0v) is 12.2. The maximum Gasteiger partial charge on any atom is 0.326 e. The van der Waals surface area contributed by atoms with Crippen molar-refractivity contribution in [1.82, 2.24) is 15.1 Å². The molecule has 0 saturated carbocycles. The number of hydrogen-bond donors (Lipinski definition) is 2. The molecule has 0 aromatic heterocycles. The number of urea groups is 1. The van der Waals surface area contributed by atoms with Gasteiger partial charge in [-0.1, -0.05) is 13.8 Å². The molecule has 0 aromatic carbocycles. The Kier molecular flexibility index (Phi) is 5.60. The number of carbonyl (C=O) groups excluding carboxylic acids is 1. The molecule has 1 heterocycles. The molecule has 2 N–H and O–H groups in total. The average molecular weight is 271 g/mol. The lowest BCUT2D eigenvalue weighted by Gasteiger charge is -2.25. The zero-order chi connectivity index (χ0) is 14.6. The first-order valence-electron chi connectivity index (χ1n) is 6.74. The Balaban J connectivity index is 2.45. The highest BCUT2D eigenvalue weighted by Gasteiger charge is 2.27. The number of aliphatic carboxylic acids is 1. The monoisotopic (exact) mass is 271 g/mol. The van der Waals surface area contributed by atoms with Crippen molar-refractivity contribution < 1.29 is 14.7 Å². The van der Waals surface area contributed by atoms with Crippen LogP contribution in [0.2, 0.25) is 0 Å². The second kappa shape index (κ2) is 6.75. The predicted octanol–water partition coefficient (Wildman–Crippen LogP) is 0.689. The van der Waals surface area contributed by atoms with Gasteiger partial charge in [-0.25, -0.2) is 9.59 Å². The van der Waals surface area contributed by atoms with Crippen molar-refractivity contribution in [2.75, 3.05) is 33.7 Å². The van der Waals surface area contributed by atoms with Crippen LogP contribution in [-0.2, 0) is 4.79 Å². The highest BCUT2D eigenvalue weighted by Crippen LogP contribution is 2.15. The van der Waals surface area contributed by atoms with Crippen LogP contribution in [0.15, 0.2) is 0 Å². The molecule has 1 aliphatic rings. The quantitative estimate of drug-likeness (QED) is 0.771. The van der Waals surface area contributed by atoms with Gasteiger partial charge in [0.15, 0.2) is 0 Å². The summed E-state index contributed by atoms with van der Waals surface area (Å²) in [5.74, 6) is -0.645. The van der Waals surface area contributed by atoms with Crippen molar-refractivity contribution in [3.05, 3.63) is 0 Å². The lowest BCUT2D eigenvalue weighted by atomic mass is 10.1. The molecule has 1 unspecified atom stereocenters. The molecule has 2 amide bonds. The third kappa shape index (κ3) is 4.70. The van der Waals surface area contributed by atoms with Crippen molar-refractivity contribution >= 4 is 12.0 Å². The lowest BCUT2D eigenvalue weighted by molar-refractivity contribution is -0.140. The first-order valence-corrected chi connectivity index (χ1v) is 6.74. The molecule has 0 bridgehead atoms. The highest BCUT2D eigenvalue weighted by atomic mass is 16.4. The van der Waals surface area contributed by atoms with E-state index in [1.54, 1.807) is 25.8 Å². The lowest BCUT2D eigenvalue weighted by Crippen LogP contribution is -2.50. The van der Waals surface area contributed by atoms with Gasteiger partial charge in [-0.05, 0) is 31.8 Å². The summed E-state index contributed by atoms with van der Waals surface area (Å²) >= 11 is 0. The van der Waals surface area contributed by atoms with E-state index in [9.17, 15) is 9.59 Å². The van der Waals surface area contributed by atoms with Crippen LogP contribution in [0.5, 0.6) is 0 Å². The number of carboxylic acids is 1. The SMILES string of the molecule is CC(C)[C@H](NC(=O)N(C)CC1CCN(C)C1)C(=O)O. The minimum absolute atomic E-state index is 0.132. The summed E-state index contributed by atoms with van der Waals surface area (Å²) in [4.78, 5) is 26.8. The van der Waals surface area contributed by atoms with E-state index in [1.807, 2.05) is 0 Å². The fourth-order valence-corrected chi connectivity index (χ4v) is 2.40. The summed E-state index contributed by atoms with van der Waals surface area (Å²) in [5, 5.41) is 11.6. The summed E-state index contributed by atoms with van der Waals surface area (Å²) in [7, 11) is 3.78. The summed E-state index contributed by atoms with van der Waals surface area (Å²) in [6, 6.07) is -1.14. The second-order valence-corrected chi connectivity index (χ2v) is 5.81. The molecule has 0 aromatic rings. The number of likely N-dealkylation sites (tertiary alicyclic amines) is 1. The molecule has 0 spiro atoms. The molecule has 0 radical (unpaired) electrons. The van der Waals surface area contributed by atoms with Crippen LogP contribution in [0.25, 0.3) is 0 Å². The van der Waals surface area contributed by atoms with E-state index in [0.717, 1.165) is 19.5 Å².